The monoisotopic (exact) mass is 338 g/mol. The molecular formula is C17H17F3N2O2. The van der Waals surface area contributed by atoms with Gasteiger partial charge < -0.3 is 10.4 Å². The van der Waals surface area contributed by atoms with Crippen LogP contribution in [0.5, 0.6) is 0 Å². The number of hydrogen-bond acceptors (Lipinski definition) is 3. The third kappa shape index (κ3) is 5.34. The van der Waals surface area contributed by atoms with Gasteiger partial charge in [0, 0.05) is 12.4 Å². The van der Waals surface area contributed by atoms with Gasteiger partial charge in [0.2, 0.25) is 5.91 Å². The maximum atomic E-state index is 12.7. The molecule has 0 unspecified atom stereocenters. The molecule has 0 saturated heterocycles. The first kappa shape index (κ1) is 17.9. The summed E-state index contributed by atoms with van der Waals surface area (Å²) in [4.78, 5) is 15.9. The van der Waals surface area contributed by atoms with Gasteiger partial charge in [0.05, 0.1) is 24.6 Å². The topological polar surface area (TPSA) is 62.2 Å². The number of nitrogens with zero attached hydrogens (tertiary/aromatic N) is 1. The highest BCUT2D eigenvalue weighted by Crippen LogP contribution is 2.29. The van der Waals surface area contributed by atoms with Crippen molar-refractivity contribution in [3.63, 3.8) is 0 Å². The Kier molecular flexibility index (Phi) is 5.92. The Hall–Kier alpha value is -2.41. The number of aromatic nitrogens is 1. The predicted octanol–water partition coefficient (Wildman–Crippen LogP) is 2.36. The number of alkyl halides is 3. The van der Waals surface area contributed by atoms with Crippen LogP contribution < -0.4 is 5.32 Å². The molecule has 0 spiro atoms. The number of nitrogens with one attached hydrogen (secondary N) is 1. The van der Waals surface area contributed by atoms with Gasteiger partial charge in [-0.2, -0.15) is 13.2 Å². The second kappa shape index (κ2) is 7.92. The fraction of sp³-hybridized carbons (Fsp3) is 0.294. The third-order valence-electron chi connectivity index (χ3n) is 3.44. The highest BCUT2D eigenvalue weighted by molar-refractivity contribution is 5.79. The number of benzene rings is 1. The van der Waals surface area contributed by atoms with E-state index in [1.165, 1.54) is 12.1 Å². The minimum absolute atomic E-state index is 0.184. The zero-order valence-corrected chi connectivity index (χ0v) is 12.8. The van der Waals surface area contributed by atoms with Crippen molar-refractivity contribution in [1.29, 1.82) is 0 Å². The highest BCUT2D eigenvalue weighted by atomic mass is 19.4. The van der Waals surface area contributed by atoms with E-state index >= 15 is 0 Å². The van der Waals surface area contributed by atoms with E-state index in [1.807, 2.05) is 0 Å². The molecule has 4 nitrogen and oxygen atoms in total. The Bertz CT molecular complexity index is 675. The minimum atomic E-state index is -4.44. The molecule has 2 rings (SSSR count). The summed E-state index contributed by atoms with van der Waals surface area (Å²) in [6, 6.07) is 7.67. The van der Waals surface area contributed by atoms with Gasteiger partial charge in [-0.1, -0.05) is 18.2 Å². The van der Waals surface area contributed by atoms with Gasteiger partial charge in [0.15, 0.2) is 0 Å². The Balaban J connectivity index is 1.96. The first-order chi connectivity index (χ1) is 11.4. The van der Waals surface area contributed by atoms with Crippen LogP contribution in [-0.4, -0.2) is 28.6 Å². The second-order valence-electron chi connectivity index (χ2n) is 5.38. The molecule has 0 radical (unpaired) electrons. The average Bonchev–Trinajstić information content (AvgIpc) is 2.54. The molecule has 2 aromatic rings. The number of amides is 1. The zero-order chi connectivity index (χ0) is 17.6. The summed E-state index contributed by atoms with van der Waals surface area (Å²) in [5, 5.41) is 12.0. The standard InChI is InChI=1S/C17H17F3N2O2/c18-17(19,20)14-3-1-2-13(8-14)10-16(24)22-15(11-23)9-12-4-6-21-7-5-12/h1-8,15,23H,9-11H2,(H,22,24)/t15-/m1/s1. The summed E-state index contributed by atoms with van der Waals surface area (Å²) in [5.41, 5.74) is 0.370. The van der Waals surface area contributed by atoms with E-state index in [2.05, 4.69) is 10.3 Å². The molecule has 0 fully saturated rings. The number of aliphatic hydroxyl groups is 1. The lowest BCUT2D eigenvalue weighted by Gasteiger charge is -2.16. The summed E-state index contributed by atoms with van der Waals surface area (Å²) in [7, 11) is 0. The van der Waals surface area contributed by atoms with Crippen LogP contribution in [0.15, 0.2) is 48.8 Å². The number of rotatable bonds is 6. The Labute approximate surface area is 137 Å². The molecule has 1 heterocycles. The van der Waals surface area contributed by atoms with Gasteiger partial charge in [-0.05, 0) is 35.7 Å². The van der Waals surface area contributed by atoms with Crippen LogP contribution in [0.4, 0.5) is 13.2 Å². The predicted molar refractivity (Wildman–Crippen MR) is 82.1 cm³/mol. The second-order valence-corrected chi connectivity index (χ2v) is 5.38. The van der Waals surface area contributed by atoms with Gasteiger partial charge >= 0.3 is 6.18 Å². The van der Waals surface area contributed by atoms with Crippen molar-refractivity contribution in [3.8, 4) is 0 Å². The molecule has 1 aromatic carbocycles. The van der Waals surface area contributed by atoms with E-state index in [0.29, 0.717) is 6.42 Å². The largest absolute Gasteiger partial charge is 0.416 e. The molecule has 128 valence electrons. The number of pyridine rings is 1. The lowest BCUT2D eigenvalue weighted by atomic mass is 10.1. The van der Waals surface area contributed by atoms with Gasteiger partial charge in [-0.3, -0.25) is 9.78 Å². The first-order valence-corrected chi connectivity index (χ1v) is 7.33. The van der Waals surface area contributed by atoms with Crippen LogP contribution in [0.2, 0.25) is 0 Å². The Morgan fingerprint density at radius 2 is 1.88 bits per heavy atom. The molecule has 0 aliphatic rings. The zero-order valence-electron chi connectivity index (χ0n) is 12.8. The van der Waals surface area contributed by atoms with E-state index < -0.39 is 23.7 Å². The highest BCUT2D eigenvalue weighted by Gasteiger charge is 2.30. The fourth-order valence-corrected chi connectivity index (χ4v) is 2.29. The molecule has 1 aromatic heterocycles. The van der Waals surface area contributed by atoms with E-state index in [-0.39, 0.29) is 18.6 Å². The van der Waals surface area contributed by atoms with Crippen LogP contribution in [-0.2, 0) is 23.8 Å². The summed E-state index contributed by atoms with van der Waals surface area (Å²) in [6.45, 7) is -0.267. The van der Waals surface area contributed by atoms with E-state index in [1.54, 1.807) is 24.5 Å². The van der Waals surface area contributed by atoms with Gasteiger partial charge in [0.25, 0.3) is 0 Å². The van der Waals surface area contributed by atoms with Crippen LogP contribution in [0, 0.1) is 0 Å². The normalized spacial score (nSPS) is 12.7. The molecule has 2 N–H and O–H groups in total. The van der Waals surface area contributed by atoms with Gasteiger partial charge in [-0.25, -0.2) is 0 Å². The number of halogens is 3. The molecule has 0 aliphatic carbocycles. The quantitative estimate of drug-likeness (QED) is 0.850. The molecule has 24 heavy (non-hydrogen) atoms. The Morgan fingerprint density at radius 1 is 1.17 bits per heavy atom. The van der Waals surface area contributed by atoms with Crippen molar-refractivity contribution in [2.75, 3.05) is 6.61 Å². The number of carbonyl (C=O) groups excluding carboxylic acids is 1. The fourth-order valence-electron chi connectivity index (χ4n) is 2.29. The molecule has 0 bridgehead atoms. The van der Waals surface area contributed by atoms with Crippen molar-refractivity contribution < 1.29 is 23.1 Å². The van der Waals surface area contributed by atoms with Crippen LogP contribution in [0.1, 0.15) is 16.7 Å². The van der Waals surface area contributed by atoms with Crippen molar-refractivity contribution in [3.05, 3.63) is 65.5 Å². The molecule has 1 atom stereocenters. The number of carbonyl (C=O) groups is 1. The SMILES string of the molecule is O=C(Cc1cccc(C(F)(F)F)c1)N[C@@H](CO)Cc1ccncc1. The average molecular weight is 338 g/mol. The maximum absolute atomic E-state index is 12.7. The molecule has 7 heteroatoms. The van der Waals surface area contributed by atoms with Crippen LogP contribution >= 0.6 is 0 Å². The Morgan fingerprint density at radius 3 is 2.50 bits per heavy atom. The minimum Gasteiger partial charge on any atom is -0.394 e. The summed E-state index contributed by atoms with van der Waals surface area (Å²) in [5.74, 6) is -0.442. The summed E-state index contributed by atoms with van der Waals surface area (Å²) >= 11 is 0. The van der Waals surface area contributed by atoms with E-state index in [0.717, 1.165) is 17.7 Å². The van der Waals surface area contributed by atoms with Crippen molar-refractivity contribution in [1.82, 2.24) is 10.3 Å². The van der Waals surface area contributed by atoms with Gasteiger partial charge in [0.1, 0.15) is 0 Å². The van der Waals surface area contributed by atoms with Crippen molar-refractivity contribution in [2.45, 2.75) is 25.1 Å². The summed E-state index contributed by atoms with van der Waals surface area (Å²) < 4.78 is 38.0. The first-order valence-electron chi connectivity index (χ1n) is 7.33. The van der Waals surface area contributed by atoms with Crippen molar-refractivity contribution >= 4 is 5.91 Å². The smallest absolute Gasteiger partial charge is 0.394 e. The molecule has 0 saturated carbocycles. The number of hydrogen-bond donors (Lipinski definition) is 2. The third-order valence-corrected chi connectivity index (χ3v) is 3.44. The molecule has 0 aliphatic heterocycles. The number of aliphatic hydroxyl groups excluding tert-OH is 1. The van der Waals surface area contributed by atoms with Crippen molar-refractivity contribution in [2.24, 2.45) is 0 Å². The van der Waals surface area contributed by atoms with Crippen LogP contribution in [0.3, 0.4) is 0 Å². The molecular weight excluding hydrogens is 321 g/mol. The maximum Gasteiger partial charge on any atom is 0.416 e. The molecule has 1 amide bonds. The lowest BCUT2D eigenvalue weighted by Crippen LogP contribution is -2.39. The van der Waals surface area contributed by atoms with E-state index in [4.69, 9.17) is 0 Å². The summed E-state index contributed by atoms with van der Waals surface area (Å²) in [6.07, 6.45) is -1.01. The lowest BCUT2D eigenvalue weighted by molar-refractivity contribution is -0.137. The van der Waals surface area contributed by atoms with E-state index in [9.17, 15) is 23.1 Å². The van der Waals surface area contributed by atoms with Crippen LogP contribution in [0.25, 0.3) is 0 Å². The van der Waals surface area contributed by atoms with Gasteiger partial charge in [-0.15, -0.1) is 0 Å².